The molecule has 1 N–H and O–H groups in total. The minimum Gasteiger partial charge on any atom is -0.355 e. The lowest BCUT2D eigenvalue weighted by molar-refractivity contribution is -0.143. The van der Waals surface area contributed by atoms with Crippen molar-refractivity contribution >= 4 is 23.8 Å². The number of benzene rings is 1. The van der Waals surface area contributed by atoms with Gasteiger partial charge >= 0.3 is 17.8 Å². The van der Waals surface area contributed by atoms with E-state index in [2.05, 4.69) is 5.32 Å². The van der Waals surface area contributed by atoms with Gasteiger partial charge in [0.15, 0.2) is 0 Å². The van der Waals surface area contributed by atoms with E-state index in [4.69, 9.17) is 0 Å². The Hall–Kier alpha value is -2.74. The van der Waals surface area contributed by atoms with Crippen molar-refractivity contribution in [3.8, 4) is 0 Å². The molecule has 140 valence electrons. The summed E-state index contributed by atoms with van der Waals surface area (Å²) in [5, 5.41) is 2.55. The van der Waals surface area contributed by atoms with Crippen LogP contribution < -0.4 is 5.32 Å². The fourth-order valence-electron chi connectivity index (χ4n) is 2.70. The number of nitrogens with zero attached hydrogens (tertiary/aromatic N) is 3. The molecule has 0 spiro atoms. The summed E-state index contributed by atoms with van der Waals surface area (Å²) >= 11 is 0. The molecular formula is C18H24N4O4. The smallest absolute Gasteiger partial charge is 0.335 e. The lowest BCUT2D eigenvalue weighted by Crippen LogP contribution is -2.40. The number of carbonyl (C=O) groups excluding carboxylic acids is 4. The Labute approximate surface area is 152 Å². The van der Waals surface area contributed by atoms with Crippen LogP contribution >= 0.6 is 0 Å². The molecule has 1 aromatic rings. The number of rotatable bonds is 8. The molecule has 0 aromatic heterocycles. The van der Waals surface area contributed by atoms with E-state index in [0.29, 0.717) is 18.5 Å². The highest BCUT2D eigenvalue weighted by atomic mass is 16.2. The van der Waals surface area contributed by atoms with E-state index in [1.807, 2.05) is 19.1 Å². The molecule has 1 aliphatic heterocycles. The Kier molecular flexibility index (Phi) is 6.46. The van der Waals surface area contributed by atoms with E-state index in [0.717, 1.165) is 21.8 Å². The van der Waals surface area contributed by atoms with Crippen molar-refractivity contribution in [2.45, 2.75) is 26.3 Å². The molecule has 0 bridgehead atoms. The quantitative estimate of drug-likeness (QED) is 0.552. The molecule has 2 rings (SSSR count). The first kappa shape index (κ1) is 19.6. The molecule has 1 aliphatic rings. The van der Waals surface area contributed by atoms with Crippen LogP contribution in [0.1, 0.15) is 35.7 Å². The van der Waals surface area contributed by atoms with Gasteiger partial charge in [0.1, 0.15) is 0 Å². The molecule has 26 heavy (non-hydrogen) atoms. The van der Waals surface area contributed by atoms with Gasteiger partial charge in [-0.05, 0) is 31.2 Å². The van der Waals surface area contributed by atoms with Crippen LogP contribution in [0.3, 0.4) is 0 Å². The molecular weight excluding hydrogens is 336 g/mol. The number of nitrogens with one attached hydrogen (secondary N) is 1. The second kappa shape index (κ2) is 8.57. The molecule has 0 saturated carbocycles. The Balaban J connectivity index is 1.97. The summed E-state index contributed by atoms with van der Waals surface area (Å²) < 4.78 is 0. The van der Waals surface area contributed by atoms with Crippen LogP contribution in [0, 0.1) is 0 Å². The molecule has 0 unspecified atom stereocenters. The predicted molar refractivity (Wildman–Crippen MR) is 95.0 cm³/mol. The van der Waals surface area contributed by atoms with Gasteiger partial charge in [0, 0.05) is 25.7 Å². The minimum atomic E-state index is -0.784. The largest absolute Gasteiger partial charge is 0.355 e. The summed E-state index contributed by atoms with van der Waals surface area (Å²) in [6.45, 7) is 2.71. The number of urea groups is 1. The standard InChI is InChI=1S/C18H24N4O4/c1-4-5-10-21-16(24)17(25)22(18(21)26)12-20(3)11-13-6-8-14(9-7-13)15(23)19-2/h6-9H,4-5,10-12H2,1-3H3,(H,19,23). The Morgan fingerprint density at radius 2 is 1.69 bits per heavy atom. The number of carbonyl (C=O) groups is 4. The number of unbranched alkanes of at least 4 members (excludes halogenated alkanes) is 1. The lowest BCUT2D eigenvalue weighted by Gasteiger charge is -2.22. The topological polar surface area (TPSA) is 90.0 Å². The predicted octanol–water partition coefficient (Wildman–Crippen LogP) is 1.03. The van der Waals surface area contributed by atoms with E-state index in [9.17, 15) is 19.2 Å². The zero-order valence-corrected chi connectivity index (χ0v) is 15.3. The molecule has 0 aliphatic carbocycles. The van der Waals surface area contributed by atoms with Gasteiger partial charge in [-0.1, -0.05) is 25.5 Å². The number of imide groups is 2. The lowest BCUT2D eigenvalue weighted by atomic mass is 10.1. The van der Waals surface area contributed by atoms with Crippen molar-refractivity contribution in [3.63, 3.8) is 0 Å². The Morgan fingerprint density at radius 3 is 2.27 bits per heavy atom. The highest BCUT2D eigenvalue weighted by Crippen LogP contribution is 2.15. The fraction of sp³-hybridized carbons (Fsp3) is 0.444. The third-order valence-corrected chi connectivity index (χ3v) is 4.15. The van der Waals surface area contributed by atoms with Crippen molar-refractivity contribution in [1.82, 2.24) is 20.0 Å². The highest BCUT2D eigenvalue weighted by Gasteiger charge is 2.44. The number of hydrogen-bond acceptors (Lipinski definition) is 5. The molecule has 8 heteroatoms. The van der Waals surface area contributed by atoms with Gasteiger partial charge in [-0.25, -0.2) is 9.69 Å². The number of hydrogen-bond donors (Lipinski definition) is 1. The molecule has 0 radical (unpaired) electrons. The first-order chi connectivity index (χ1) is 12.4. The molecule has 8 nitrogen and oxygen atoms in total. The maximum Gasteiger partial charge on any atom is 0.335 e. The molecule has 0 atom stereocenters. The molecule has 1 heterocycles. The van der Waals surface area contributed by atoms with Crippen molar-refractivity contribution < 1.29 is 19.2 Å². The van der Waals surface area contributed by atoms with Crippen LogP contribution in [-0.2, 0) is 16.1 Å². The van der Waals surface area contributed by atoms with Crippen LogP contribution in [0.25, 0.3) is 0 Å². The monoisotopic (exact) mass is 360 g/mol. The maximum atomic E-state index is 12.3. The van der Waals surface area contributed by atoms with Crippen LogP contribution in [0.5, 0.6) is 0 Å². The zero-order chi connectivity index (χ0) is 19.3. The summed E-state index contributed by atoms with van der Waals surface area (Å²) in [5.74, 6) is -1.71. The van der Waals surface area contributed by atoms with Gasteiger partial charge in [-0.3, -0.25) is 24.2 Å². The van der Waals surface area contributed by atoms with Crippen molar-refractivity contribution in [2.75, 3.05) is 27.3 Å². The Bertz CT molecular complexity index is 702. The third kappa shape index (κ3) is 4.26. The van der Waals surface area contributed by atoms with Crippen LogP contribution in [-0.4, -0.2) is 65.8 Å². The summed E-state index contributed by atoms with van der Waals surface area (Å²) in [7, 11) is 3.32. The van der Waals surface area contributed by atoms with Crippen molar-refractivity contribution in [1.29, 1.82) is 0 Å². The second-order valence-corrected chi connectivity index (χ2v) is 6.26. The first-order valence-corrected chi connectivity index (χ1v) is 8.56. The minimum absolute atomic E-state index is 0.0310. The van der Waals surface area contributed by atoms with Crippen molar-refractivity contribution in [2.24, 2.45) is 0 Å². The average Bonchev–Trinajstić information content (AvgIpc) is 2.83. The first-order valence-electron chi connectivity index (χ1n) is 8.56. The van der Waals surface area contributed by atoms with Crippen LogP contribution in [0.2, 0.25) is 0 Å². The Morgan fingerprint density at radius 1 is 1.08 bits per heavy atom. The molecule has 1 aromatic carbocycles. The van der Waals surface area contributed by atoms with E-state index >= 15 is 0 Å². The van der Waals surface area contributed by atoms with Gasteiger partial charge in [0.25, 0.3) is 5.91 Å². The van der Waals surface area contributed by atoms with E-state index in [1.165, 1.54) is 0 Å². The van der Waals surface area contributed by atoms with Gasteiger partial charge in [-0.15, -0.1) is 0 Å². The van der Waals surface area contributed by atoms with Gasteiger partial charge in [0.05, 0.1) is 6.67 Å². The molecule has 1 fully saturated rings. The van der Waals surface area contributed by atoms with Gasteiger partial charge in [0.2, 0.25) is 0 Å². The van der Waals surface area contributed by atoms with Crippen LogP contribution in [0.4, 0.5) is 4.79 Å². The third-order valence-electron chi connectivity index (χ3n) is 4.15. The van der Waals surface area contributed by atoms with E-state index in [-0.39, 0.29) is 19.1 Å². The van der Waals surface area contributed by atoms with Gasteiger partial charge < -0.3 is 5.32 Å². The van der Waals surface area contributed by atoms with Crippen LogP contribution in [0.15, 0.2) is 24.3 Å². The average molecular weight is 360 g/mol. The molecule has 1 saturated heterocycles. The second-order valence-electron chi connectivity index (χ2n) is 6.26. The SMILES string of the molecule is CCCCN1C(=O)C(=O)N(CN(C)Cc2ccc(C(=O)NC)cc2)C1=O. The van der Waals surface area contributed by atoms with Gasteiger partial charge in [-0.2, -0.15) is 0 Å². The van der Waals surface area contributed by atoms with E-state index in [1.54, 1.807) is 31.1 Å². The maximum absolute atomic E-state index is 12.3. The summed E-state index contributed by atoms with van der Waals surface area (Å²) in [6.07, 6.45) is 1.50. The summed E-state index contributed by atoms with van der Waals surface area (Å²) in [4.78, 5) is 51.6. The fourth-order valence-corrected chi connectivity index (χ4v) is 2.70. The summed E-state index contributed by atoms with van der Waals surface area (Å²) in [5.41, 5.74) is 1.48. The molecule has 5 amide bonds. The van der Waals surface area contributed by atoms with Crippen molar-refractivity contribution in [3.05, 3.63) is 35.4 Å². The summed E-state index contributed by atoms with van der Waals surface area (Å²) in [6, 6.07) is 6.49. The highest BCUT2D eigenvalue weighted by molar-refractivity contribution is 6.44. The normalized spacial score (nSPS) is 14.5. The zero-order valence-electron chi connectivity index (χ0n) is 15.3. The number of amides is 5. The van der Waals surface area contributed by atoms with E-state index < -0.39 is 17.8 Å².